The SMILES string of the molecule is CC(C)(C)N1CCC(CC2C=C(c3ccc(F)cc3Cl)c3ccc(=O)n(C4C(Cl)=CC=CC4Cl)c3C2)CC1. The van der Waals surface area contributed by atoms with Crippen LogP contribution in [0.15, 0.2) is 64.5 Å². The number of allylic oxidation sites excluding steroid dienone is 5. The van der Waals surface area contributed by atoms with Crippen molar-refractivity contribution >= 4 is 40.4 Å². The van der Waals surface area contributed by atoms with E-state index < -0.39 is 11.4 Å². The molecule has 2 aromatic rings. The Bertz CT molecular complexity index is 1360. The summed E-state index contributed by atoms with van der Waals surface area (Å²) in [5, 5.41) is 0.443. The monoisotopic (exact) mass is 574 g/mol. The van der Waals surface area contributed by atoms with Crippen molar-refractivity contribution in [1.29, 1.82) is 0 Å². The van der Waals surface area contributed by atoms with Gasteiger partial charge in [0, 0.05) is 33.5 Å². The highest BCUT2D eigenvalue weighted by molar-refractivity contribution is 6.33. The second kappa shape index (κ2) is 11.0. The molecule has 0 radical (unpaired) electrons. The molecule has 0 spiro atoms. The fourth-order valence-electron chi connectivity index (χ4n) is 6.22. The van der Waals surface area contributed by atoms with Crippen LogP contribution in [-0.2, 0) is 6.42 Å². The maximum Gasteiger partial charge on any atom is 0.251 e. The Hall–Kier alpha value is -1.85. The van der Waals surface area contributed by atoms with Crippen molar-refractivity contribution < 1.29 is 4.39 Å². The fourth-order valence-corrected chi connectivity index (χ4v) is 7.19. The molecule has 1 fully saturated rings. The molecule has 3 nitrogen and oxygen atoms in total. The molecule has 5 rings (SSSR count). The Kier molecular flexibility index (Phi) is 7.99. The van der Waals surface area contributed by atoms with E-state index in [-0.39, 0.29) is 22.8 Å². The van der Waals surface area contributed by atoms with Gasteiger partial charge in [0.05, 0.1) is 16.4 Å². The summed E-state index contributed by atoms with van der Waals surface area (Å²) in [6.45, 7) is 9.00. The summed E-state index contributed by atoms with van der Waals surface area (Å²) in [5.74, 6) is 0.416. The molecule has 202 valence electrons. The molecule has 2 aliphatic carbocycles. The normalized spacial score (nSPS) is 24.7. The number of rotatable bonds is 4. The van der Waals surface area contributed by atoms with Gasteiger partial charge in [0.2, 0.25) is 0 Å². The first-order chi connectivity index (χ1) is 18.0. The third-order valence-electron chi connectivity index (χ3n) is 8.21. The lowest BCUT2D eigenvalue weighted by atomic mass is 9.78. The fraction of sp³-hybridized carbons (Fsp3) is 0.452. The molecule has 0 N–H and O–H groups in total. The van der Waals surface area contributed by atoms with Crippen LogP contribution in [0.3, 0.4) is 0 Å². The molecule has 1 aromatic heterocycles. The first-order valence-corrected chi connectivity index (χ1v) is 14.6. The minimum atomic E-state index is -0.482. The van der Waals surface area contributed by atoms with Gasteiger partial charge in [-0.05, 0) is 107 Å². The van der Waals surface area contributed by atoms with Gasteiger partial charge in [-0.3, -0.25) is 9.69 Å². The first-order valence-electron chi connectivity index (χ1n) is 13.4. The van der Waals surface area contributed by atoms with Crippen molar-refractivity contribution in [2.75, 3.05) is 13.1 Å². The predicted molar refractivity (Wildman–Crippen MR) is 157 cm³/mol. The Morgan fingerprint density at radius 1 is 1.05 bits per heavy atom. The summed E-state index contributed by atoms with van der Waals surface area (Å²) in [4.78, 5) is 15.9. The van der Waals surface area contributed by atoms with Gasteiger partial charge < -0.3 is 4.57 Å². The molecule has 0 saturated carbocycles. The molecule has 1 aromatic carbocycles. The second-order valence-electron chi connectivity index (χ2n) is 11.7. The zero-order chi connectivity index (χ0) is 27.2. The van der Waals surface area contributed by atoms with Gasteiger partial charge in [0.15, 0.2) is 0 Å². The number of likely N-dealkylation sites (tertiary alicyclic amines) is 1. The highest BCUT2D eigenvalue weighted by Crippen LogP contribution is 2.42. The maximum absolute atomic E-state index is 14.0. The molecular weight excluding hydrogens is 542 g/mol. The molecule has 2 heterocycles. The molecule has 7 heteroatoms. The van der Waals surface area contributed by atoms with E-state index in [1.54, 1.807) is 22.8 Å². The number of piperidine rings is 1. The van der Waals surface area contributed by atoms with Gasteiger partial charge in [0.1, 0.15) is 5.82 Å². The van der Waals surface area contributed by atoms with E-state index in [0.717, 1.165) is 54.7 Å². The summed E-state index contributed by atoms with van der Waals surface area (Å²) < 4.78 is 15.7. The number of benzene rings is 1. The zero-order valence-electron chi connectivity index (χ0n) is 22.1. The number of halogens is 4. The van der Waals surface area contributed by atoms with Crippen LogP contribution in [0.4, 0.5) is 4.39 Å². The lowest BCUT2D eigenvalue weighted by Crippen LogP contribution is -2.46. The van der Waals surface area contributed by atoms with Gasteiger partial charge in [-0.25, -0.2) is 4.39 Å². The molecule has 0 bridgehead atoms. The average Bonchev–Trinajstić information content (AvgIpc) is 2.84. The summed E-state index contributed by atoms with van der Waals surface area (Å²) >= 11 is 19.9. The third-order valence-corrected chi connectivity index (χ3v) is 9.26. The number of pyridine rings is 1. The third kappa shape index (κ3) is 5.56. The van der Waals surface area contributed by atoms with Gasteiger partial charge in [-0.1, -0.05) is 41.4 Å². The summed E-state index contributed by atoms with van der Waals surface area (Å²) in [5.41, 5.74) is 3.56. The van der Waals surface area contributed by atoms with Crippen LogP contribution in [0, 0.1) is 17.7 Å². The molecule has 1 saturated heterocycles. The quantitative estimate of drug-likeness (QED) is 0.345. The molecule has 3 aliphatic rings. The van der Waals surface area contributed by atoms with Gasteiger partial charge in [-0.15, -0.1) is 11.6 Å². The lowest BCUT2D eigenvalue weighted by molar-refractivity contribution is 0.0823. The molecule has 3 atom stereocenters. The molecular formula is C31H34Cl3FN2O. The second-order valence-corrected chi connectivity index (χ2v) is 13.1. The summed E-state index contributed by atoms with van der Waals surface area (Å²) in [7, 11) is 0. The van der Waals surface area contributed by atoms with Crippen LogP contribution in [0.25, 0.3) is 5.57 Å². The highest BCUT2D eigenvalue weighted by atomic mass is 35.5. The topological polar surface area (TPSA) is 25.2 Å². The van der Waals surface area contributed by atoms with Crippen LogP contribution in [0.1, 0.15) is 62.9 Å². The number of hydrogen-bond donors (Lipinski definition) is 0. The van der Waals surface area contributed by atoms with E-state index >= 15 is 0 Å². The largest absolute Gasteiger partial charge is 0.302 e. The van der Waals surface area contributed by atoms with Crippen LogP contribution >= 0.6 is 34.8 Å². The zero-order valence-corrected chi connectivity index (χ0v) is 24.3. The van der Waals surface area contributed by atoms with Gasteiger partial charge in [-0.2, -0.15) is 0 Å². The molecule has 0 amide bonds. The summed E-state index contributed by atoms with van der Waals surface area (Å²) in [6, 6.07) is 7.46. The van der Waals surface area contributed by atoms with Crippen molar-refractivity contribution in [1.82, 2.24) is 9.47 Å². The molecule has 3 unspecified atom stereocenters. The Labute approximate surface area is 239 Å². The lowest BCUT2D eigenvalue weighted by Gasteiger charge is -2.41. The van der Waals surface area contributed by atoms with E-state index in [9.17, 15) is 9.18 Å². The highest BCUT2D eigenvalue weighted by Gasteiger charge is 2.34. The van der Waals surface area contributed by atoms with Crippen LogP contribution in [0.2, 0.25) is 5.02 Å². The molecule has 1 aliphatic heterocycles. The predicted octanol–water partition coefficient (Wildman–Crippen LogP) is 7.99. The van der Waals surface area contributed by atoms with Gasteiger partial charge >= 0.3 is 0 Å². The van der Waals surface area contributed by atoms with Crippen molar-refractivity contribution in [3.8, 4) is 0 Å². The molecule has 38 heavy (non-hydrogen) atoms. The van der Waals surface area contributed by atoms with Crippen LogP contribution < -0.4 is 5.56 Å². The minimum Gasteiger partial charge on any atom is -0.302 e. The van der Waals surface area contributed by atoms with Crippen molar-refractivity contribution in [2.24, 2.45) is 11.8 Å². The first kappa shape index (κ1) is 27.7. The number of aromatic nitrogens is 1. The maximum atomic E-state index is 14.0. The van der Waals surface area contributed by atoms with E-state index in [0.29, 0.717) is 22.4 Å². The Balaban J connectivity index is 1.55. The van der Waals surface area contributed by atoms with Crippen LogP contribution in [-0.4, -0.2) is 33.5 Å². The van der Waals surface area contributed by atoms with E-state index in [2.05, 4.69) is 31.7 Å². The number of fused-ring (bicyclic) bond motifs is 1. The Morgan fingerprint density at radius 3 is 2.42 bits per heavy atom. The summed E-state index contributed by atoms with van der Waals surface area (Å²) in [6.07, 6.45) is 11.8. The smallest absolute Gasteiger partial charge is 0.251 e. The number of nitrogens with zero attached hydrogens (tertiary/aromatic N) is 2. The average molecular weight is 576 g/mol. The standard InChI is InChI=1S/C31H34Cl3FN2O/c1-31(2,3)36-13-11-19(12-14-36)15-20-16-24(22-8-7-21(35)18-27(22)34)23-9-10-29(38)37(28(23)17-20)30-25(32)5-4-6-26(30)33/h4-10,16,18-20,25,30H,11-15,17H2,1-3H3. The van der Waals surface area contributed by atoms with Gasteiger partial charge in [0.25, 0.3) is 5.56 Å². The number of alkyl halides is 1. The Morgan fingerprint density at radius 2 is 1.76 bits per heavy atom. The van der Waals surface area contributed by atoms with E-state index in [4.69, 9.17) is 34.8 Å². The number of hydrogen-bond acceptors (Lipinski definition) is 2. The van der Waals surface area contributed by atoms with Crippen molar-refractivity contribution in [3.05, 3.63) is 97.7 Å². The van der Waals surface area contributed by atoms with E-state index in [1.807, 2.05) is 18.2 Å². The van der Waals surface area contributed by atoms with E-state index in [1.165, 1.54) is 12.1 Å². The minimum absolute atomic E-state index is 0.134. The van der Waals surface area contributed by atoms with Crippen molar-refractivity contribution in [3.63, 3.8) is 0 Å². The van der Waals surface area contributed by atoms with Crippen molar-refractivity contribution in [2.45, 2.75) is 63.4 Å². The van der Waals surface area contributed by atoms with Crippen LogP contribution in [0.5, 0.6) is 0 Å².